The lowest BCUT2D eigenvalue weighted by Gasteiger charge is -2.05. The first kappa shape index (κ1) is 13.6. The molecule has 1 amide bonds. The van der Waals surface area contributed by atoms with Gasteiger partial charge in [0.25, 0.3) is 0 Å². The van der Waals surface area contributed by atoms with Crippen LogP contribution in [0, 0.1) is 0 Å². The summed E-state index contributed by atoms with van der Waals surface area (Å²) in [6.45, 7) is 0. The van der Waals surface area contributed by atoms with Gasteiger partial charge in [-0.3, -0.25) is 4.79 Å². The number of benzene rings is 2. The maximum atomic E-state index is 11.9. The van der Waals surface area contributed by atoms with Crippen molar-refractivity contribution < 1.29 is 9.90 Å². The molecule has 2 N–H and O–H groups in total. The second-order valence-corrected chi connectivity index (χ2v) is 5.76. The number of rotatable bonds is 4. The third-order valence-corrected chi connectivity index (χ3v) is 4.18. The maximum absolute atomic E-state index is 11.9. The van der Waals surface area contributed by atoms with E-state index in [-0.39, 0.29) is 11.7 Å². The number of amides is 1. The molecule has 0 bridgehead atoms. The molecule has 3 aromatic rings. The summed E-state index contributed by atoms with van der Waals surface area (Å²) in [6, 6.07) is 14.6. The fourth-order valence-corrected chi connectivity index (χ4v) is 3.01. The summed E-state index contributed by atoms with van der Waals surface area (Å²) in [5, 5.41) is 13.3. The summed E-state index contributed by atoms with van der Waals surface area (Å²) in [6.07, 6.45) is 0.937. The lowest BCUT2D eigenvalue weighted by atomic mass is 10.2. The van der Waals surface area contributed by atoms with Gasteiger partial charge in [0.05, 0.1) is 20.9 Å². The van der Waals surface area contributed by atoms with Crippen molar-refractivity contribution in [1.82, 2.24) is 4.98 Å². The van der Waals surface area contributed by atoms with Crippen molar-refractivity contribution in [2.24, 2.45) is 0 Å². The van der Waals surface area contributed by atoms with Gasteiger partial charge in [0.2, 0.25) is 5.91 Å². The van der Waals surface area contributed by atoms with Gasteiger partial charge in [0.1, 0.15) is 5.75 Å². The van der Waals surface area contributed by atoms with Crippen LogP contribution in [0.1, 0.15) is 11.4 Å². The van der Waals surface area contributed by atoms with E-state index in [1.54, 1.807) is 35.6 Å². The molecule has 0 radical (unpaired) electrons. The van der Waals surface area contributed by atoms with Crippen molar-refractivity contribution >= 4 is 33.1 Å². The van der Waals surface area contributed by atoms with E-state index in [2.05, 4.69) is 10.3 Å². The summed E-state index contributed by atoms with van der Waals surface area (Å²) >= 11 is 1.61. The number of para-hydroxylation sites is 3. The van der Waals surface area contributed by atoms with Gasteiger partial charge in [-0.1, -0.05) is 24.3 Å². The van der Waals surface area contributed by atoms with Gasteiger partial charge < -0.3 is 10.4 Å². The van der Waals surface area contributed by atoms with E-state index in [0.717, 1.165) is 15.2 Å². The van der Waals surface area contributed by atoms with E-state index in [4.69, 9.17) is 0 Å². The minimum Gasteiger partial charge on any atom is -0.506 e. The van der Waals surface area contributed by atoms with Crippen LogP contribution in [-0.2, 0) is 11.2 Å². The number of phenolic OH excluding ortho intramolecular Hbond substituents is 1. The number of thiazole rings is 1. The molecular formula is C16H14N2O2S. The molecule has 106 valence electrons. The normalized spacial score (nSPS) is 10.7. The van der Waals surface area contributed by atoms with E-state index in [1.807, 2.05) is 24.3 Å². The van der Waals surface area contributed by atoms with Crippen molar-refractivity contribution in [1.29, 1.82) is 0 Å². The number of nitrogens with zero attached hydrogens (tertiary/aromatic N) is 1. The largest absolute Gasteiger partial charge is 0.506 e. The van der Waals surface area contributed by atoms with Gasteiger partial charge >= 0.3 is 0 Å². The fourth-order valence-electron chi connectivity index (χ4n) is 2.04. The highest BCUT2D eigenvalue weighted by atomic mass is 32.1. The minimum atomic E-state index is -0.129. The molecule has 0 spiro atoms. The van der Waals surface area contributed by atoms with Crippen LogP contribution in [0.15, 0.2) is 48.5 Å². The van der Waals surface area contributed by atoms with Gasteiger partial charge in [-0.05, 0) is 24.3 Å². The maximum Gasteiger partial charge on any atom is 0.224 e. The first-order valence-electron chi connectivity index (χ1n) is 6.65. The SMILES string of the molecule is O=C(CCc1nc2ccccc2s1)Nc1ccccc1O. The number of hydrogen-bond donors (Lipinski definition) is 2. The molecule has 4 nitrogen and oxygen atoms in total. The summed E-state index contributed by atoms with van der Waals surface area (Å²) < 4.78 is 1.13. The molecule has 1 aromatic heterocycles. The van der Waals surface area contributed by atoms with E-state index >= 15 is 0 Å². The number of fused-ring (bicyclic) bond motifs is 1. The van der Waals surface area contributed by atoms with Crippen LogP contribution in [0.2, 0.25) is 0 Å². The van der Waals surface area contributed by atoms with Crippen LogP contribution in [-0.4, -0.2) is 16.0 Å². The number of aromatic nitrogens is 1. The van der Waals surface area contributed by atoms with Gasteiger partial charge in [0.15, 0.2) is 0 Å². The molecule has 21 heavy (non-hydrogen) atoms. The Labute approximate surface area is 126 Å². The van der Waals surface area contributed by atoms with Crippen LogP contribution < -0.4 is 5.32 Å². The molecular weight excluding hydrogens is 284 g/mol. The van der Waals surface area contributed by atoms with E-state index in [1.165, 1.54) is 0 Å². The molecule has 0 aliphatic carbocycles. The van der Waals surface area contributed by atoms with Crippen molar-refractivity contribution in [2.45, 2.75) is 12.8 Å². The Morgan fingerprint density at radius 1 is 1.14 bits per heavy atom. The molecule has 0 aliphatic rings. The zero-order valence-corrected chi connectivity index (χ0v) is 12.1. The molecule has 1 heterocycles. The van der Waals surface area contributed by atoms with E-state index in [9.17, 15) is 9.90 Å². The van der Waals surface area contributed by atoms with Crippen LogP contribution >= 0.6 is 11.3 Å². The van der Waals surface area contributed by atoms with Crippen LogP contribution in [0.25, 0.3) is 10.2 Å². The lowest BCUT2D eigenvalue weighted by Crippen LogP contribution is -2.12. The van der Waals surface area contributed by atoms with Crippen molar-refractivity contribution in [2.75, 3.05) is 5.32 Å². The van der Waals surface area contributed by atoms with Crippen molar-refractivity contribution in [3.05, 3.63) is 53.5 Å². The molecule has 5 heteroatoms. The Morgan fingerprint density at radius 2 is 1.90 bits per heavy atom. The Hall–Kier alpha value is -2.40. The number of carbonyl (C=O) groups excluding carboxylic acids is 1. The summed E-state index contributed by atoms with van der Waals surface area (Å²) in [7, 11) is 0. The molecule has 0 fully saturated rings. The Morgan fingerprint density at radius 3 is 2.71 bits per heavy atom. The topological polar surface area (TPSA) is 62.2 Å². The smallest absolute Gasteiger partial charge is 0.224 e. The van der Waals surface area contributed by atoms with Gasteiger partial charge in [-0.25, -0.2) is 4.98 Å². The third kappa shape index (κ3) is 3.20. The van der Waals surface area contributed by atoms with Gasteiger partial charge in [-0.15, -0.1) is 11.3 Å². The number of phenols is 1. The van der Waals surface area contributed by atoms with Gasteiger partial charge in [-0.2, -0.15) is 0 Å². The number of aryl methyl sites for hydroxylation is 1. The molecule has 0 atom stereocenters. The third-order valence-electron chi connectivity index (χ3n) is 3.08. The number of nitrogens with one attached hydrogen (secondary N) is 1. The molecule has 0 aliphatic heterocycles. The molecule has 0 saturated carbocycles. The van der Waals surface area contributed by atoms with Crippen LogP contribution in [0.3, 0.4) is 0 Å². The average molecular weight is 298 g/mol. The van der Waals surface area contributed by atoms with Crippen LogP contribution in [0.5, 0.6) is 5.75 Å². The quantitative estimate of drug-likeness (QED) is 0.724. The Bertz CT molecular complexity index is 750. The van der Waals surface area contributed by atoms with Gasteiger partial charge in [0, 0.05) is 12.8 Å². The second kappa shape index (κ2) is 5.93. The highest BCUT2D eigenvalue weighted by molar-refractivity contribution is 7.18. The highest BCUT2D eigenvalue weighted by Crippen LogP contribution is 2.24. The first-order chi connectivity index (χ1) is 10.2. The number of hydrogen-bond acceptors (Lipinski definition) is 4. The van der Waals surface area contributed by atoms with E-state index < -0.39 is 0 Å². The van der Waals surface area contributed by atoms with Crippen LogP contribution in [0.4, 0.5) is 5.69 Å². The number of anilines is 1. The van der Waals surface area contributed by atoms with Crippen molar-refractivity contribution in [3.63, 3.8) is 0 Å². The summed E-state index contributed by atoms with van der Waals surface area (Å²) in [4.78, 5) is 16.4. The molecule has 3 rings (SSSR count). The standard InChI is InChI=1S/C16H14N2O2S/c19-13-7-3-1-5-11(13)17-15(20)9-10-16-18-12-6-2-4-8-14(12)21-16/h1-8,19H,9-10H2,(H,17,20). The average Bonchev–Trinajstić information content (AvgIpc) is 2.90. The number of carbonyl (C=O) groups is 1. The molecule has 0 unspecified atom stereocenters. The fraction of sp³-hybridized carbons (Fsp3) is 0.125. The Kier molecular flexibility index (Phi) is 3.83. The minimum absolute atomic E-state index is 0.0748. The summed E-state index contributed by atoms with van der Waals surface area (Å²) in [5.74, 6) is -0.0541. The monoisotopic (exact) mass is 298 g/mol. The molecule has 0 saturated heterocycles. The predicted octanol–water partition coefficient (Wildman–Crippen LogP) is 3.57. The number of aromatic hydroxyl groups is 1. The first-order valence-corrected chi connectivity index (χ1v) is 7.46. The predicted molar refractivity (Wildman–Crippen MR) is 84.7 cm³/mol. The Balaban J connectivity index is 1.62. The molecule has 2 aromatic carbocycles. The zero-order chi connectivity index (χ0) is 14.7. The zero-order valence-electron chi connectivity index (χ0n) is 11.2. The summed E-state index contributed by atoms with van der Waals surface area (Å²) in [5.41, 5.74) is 1.41. The van der Waals surface area contributed by atoms with E-state index in [0.29, 0.717) is 18.5 Å². The second-order valence-electron chi connectivity index (χ2n) is 4.64. The lowest BCUT2D eigenvalue weighted by molar-refractivity contribution is -0.116. The highest BCUT2D eigenvalue weighted by Gasteiger charge is 2.08. The van der Waals surface area contributed by atoms with Crippen molar-refractivity contribution in [3.8, 4) is 5.75 Å².